The van der Waals surface area contributed by atoms with Crippen molar-refractivity contribution in [3.63, 3.8) is 0 Å². The molecule has 0 amide bonds. The van der Waals surface area contributed by atoms with Crippen molar-refractivity contribution in [3.05, 3.63) is 127 Å². The molecule has 0 saturated heterocycles. The molecular formula is C34H24N2. The summed E-state index contributed by atoms with van der Waals surface area (Å²) in [7, 11) is 0. The van der Waals surface area contributed by atoms with Gasteiger partial charge in [0.2, 0.25) is 0 Å². The largest absolute Gasteiger partial charge is 0.399 e. The number of hydrogen-bond donors (Lipinski definition) is 2. The molecule has 2 heteroatoms. The van der Waals surface area contributed by atoms with Gasteiger partial charge in [0.15, 0.2) is 0 Å². The third-order valence-electron chi connectivity index (χ3n) is 7.10. The summed E-state index contributed by atoms with van der Waals surface area (Å²) in [5.74, 6) is 0. The van der Waals surface area contributed by atoms with E-state index in [-0.39, 0.29) is 0 Å². The molecule has 0 saturated carbocycles. The number of H-pyrrole nitrogens is 1. The maximum atomic E-state index is 6.40. The lowest BCUT2D eigenvalue weighted by Gasteiger charge is -2.13. The van der Waals surface area contributed by atoms with Gasteiger partial charge in [0, 0.05) is 27.5 Å². The predicted molar refractivity (Wildman–Crippen MR) is 154 cm³/mol. The van der Waals surface area contributed by atoms with Gasteiger partial charge >= 0.3 is 0 Å². The summed E-state index contributed by atoms with van der Waals surface area (Å²) in [5, 5.41) is 4.78. The van der Waals surface area contributed by atoms with E-state index < -0.39 is 0 Å². The Hall–Kier alpha value is -4.82. The molecule has 2 nitrogen and oxygen atoms in total. The number of hydrogen-bond acceptors (Lipinski definition) is 1. The molecule has 7 rings (SSSR count). The Balaban J connectivity index is 1.58. The van der Waals surface area contributed by atoms with Crippen molar-refractivity contribution >= 4 is 38.3 Å². The normalized spacial score (nSPS) is 11.4. The van der Waals surface area contributed by atoms with Crippen molar-refractivity contribution in [2.45, 2.75) is 0 Å². The summed E-state index contributed by atoms with van der Waals surface area (Å²) < 4.78 is 0. The maximum absolute atomic E-state index is 6.40. The van der Waals surface area contributed by atoms with Gasteiger partial charge in [-0.2, -0.15) is 0 Å². The molecular weight excluding hydrogens is 436 g/mol. The standard InChI is InChI=1S/C34H24N2/c35-27-17-25-13-7-8-14-28(25)29(21-27)31-19-26(23-11-5-2-6-12-23)20-32-30-18-24(22-9-3-1-4-10-22)15-16-33(30)36-34(31)32/h1-21,36H,35H2. The van der Waals surface area contributed by atoms with Gasteiger partial charge in [-0.1, -0.05) is 91.0 Å². The molecule has 6 aromatic carbocycles. The highest BCUT2D eigenvalue weighted by atomic mass is 14.7. The highest BCUT2D eigenvalue weighted by molar-refractivity contribution is 6.16. The number of nitrogen functional groups attached to an aromatic ring is 1. The van der Waals surface area contributed by atoms with Crippen molar-refractivity contribution in [2.24, 2.45) is 0 Å². The smallest absolute Gasteiger partial charge is 0.0545 e. The van der Waals surface area contributed by atoms with E-state index in [2.05, 4.69) is 132 Å². The Kier molecular flexibility index (Phi) is 4.65. The van der Waals surface area contributed by atoms with Crippen LogP contribution >= 0.6 is 0 Å². The quantitative estimate of drug-likeness (QED) is 0.254. The van der Waals surface area contributed by atoms with Gasteiger partial charge in [0.1, 0.15) is 0 Å². The minimum Gasteiger partial charge on any atom is -0.399 e. The van der Waals surface area contributed by atoms with Crippen LogP contribution in [0.2, 0.25) is 0 Å². The fourth-order valence-electron chi connectivity index (χ4n) is 5.38. The van der Waals surface area contributed by atoms with E-state index >= 15 is 0 Å². The number of aromatic nitrogens is 1. The Morgan fingerprint density at radius 1 is 0.444 bits per heavy atom. The van der Waals surface area contributed by atoms with Crippen molar-refractivity contribution in [1.29, 1.82) is 0 Å². The van der Waals surface area contributed by atoms with Crippen molar-refractivity contribution in [2.75, 3.05) is 5.73 Å². The van der Waals surface area contributed by atoms with Crippen LogP contribution in [0.15, 0.2) is 127 Å². The van der Waals surface area contributed by atoms with Crippen LogP contribution in [0.4, 0.5) is 5.69 Å². The zero-order valence-corrected chi connectivity index (χ0v) is 19.7. The maximum Gasteiger partial charge on any atom is 0.0545 e. The fourth-order valence-corrected chi connectivity index (χ4v) is 5.38. The summed E-state index contributed by atoms with van der Waals surface area (Å²) in [6, 6.07) is 45.1. The fraction of sp³-hybridized carbons (Fsp3) is 0. The molecule has 0 bridgehead atoms. The molecule has 1 heterocycles. The first-order valence-electron chi connectivity index (χ1n) is 12.2. The Bertz CT molecular complexity index is 1880. The van der Waals surface area contributed by atoms with Crippen molar-refractivity contribution in [3.8, 4) is 33.4 Å². The van der Waals surface area contributed by atoms with Gasteiger partial charge < -0.3 is 10.7 Å². The van der Waals surface area contributed by atoms with Crippen LogP contribution in [0, 0.1) is 0 Å². The molecule has 3 N–H and O–H groups in total. The van der Waals surface area contributed by atoms with Gasteiger partial charge in [-0.05, 0) is 75.0 Å². The summed E-state index contributed by atoms with van der Waals surface area (Å²) >= 11 is 0. The van der Waals surface area contributed by atoms with Crippen LogP contribution in [-0.4, -0.2) is 4.98 Å². The second-order valence-corrected chi connectivity index (χ2v) is 9.35. The predicted octanol–water partition coefficient (Wildman–Crippen LogP) is 9.06. The zero-order valence-electron chi connectivity index (χ0n) is 19.7. The SMILES string of the molecule is Nc1cc(-c2cc(-c3ccccc3)cc3c2[nH]c2ccc(-c4ccccc4)cc23)c2ccccc2c1. The molecule has 170 valence electrons. The van der Waals surface area contributed by atoms with Crippen molar-refractivity contribution < 1.29 is 0 Å². The molecule has 1 aromatic heterocycles. The monoisotopic (exact) mass is 460 g/mol. The zero-order chi connectivity index (χ0) is 24.1. The second-order valence-electron chi connectivity index (χ2n) is 9.35. The topological polar surface area (TPSA) is 41.8 Å². The minimum absolute atomic E-state index is 0.768. The number of benzene rings is 6. The lowest BCUT2D eigenvalue weighted by Crippen LogP contribution is -1.90. The third kappa shape index (κ3) is 3.35. The molecule has 7 aromatic rings. The molecule has 0 aliphatic rings. The highest BCUT2D eigenvalue weighted by Gasteiger charge is 2.16. The van der Waals surface area contributed by atoms with E-state index in [1.165, 1.54) is 38.4 Å². The molecule has 0 atom stereocenters. The summed E-state index contributed by atoms with van der Waals surface area (Å²) in [4.78, 5) is 3.75. The lowest BCUT2D eigenvalue weighted by molar-refractivity contribution is 1.53. The number of aromatic amines is 1. The second kappa shape index (κ2) is 8.14. The average Bonchev–Trinajstić information content (AvgIpc) is 3.31. The Labute approximate surface area is 209 Å². The van der Waals surface area contributed by atoms with Gasteiger partial charge in [-0.15, -0.1) is 0 Å². The van der Waals surface area contributed by atoms with Crippen LogP contribution in [0.25, 0.3) is 66.0 Å². The molecule has 0 unspecified atom stereocenters. The van der Waals surface area contributed by atoms with Crippen LogP contribution in [0.1, 0.15) is 0 Å². The molecule has 0 spiro atoms. The Morgan fingerprint density at radius 2 is 1.11 bits per heavy atom. The first-order valence-corrected chi connectivity index (χ1v) is 12.2. The number of nitrogens with one attached hydrogen (secondary N) is 1. The van der Waals surface area contributed by atoms with Crippen molar-refractivity contribution in [1.82, 2.24) is 4.98 Å². The Morgan fingerprint density at radius 3 is 1.89 bits per heavy atom. The minimum atomic E-state index is 0.768. The van der Waals surface area contributed by atoms with Crippen LogP contribution in [0.3, 0.4) is 0 Å². The van der Waals surface area contributed by atoms with Gasteiger partial charge in [-0.25, -0.2) is 0 Å². The van der Waals surface area contributed by atoms with Gasteiger partial charge in [0.25, 0.3) is 0 Å². The van der Waals surface area contributed by atoms with E-state index in [1.807, 2.05) is 0 Å². The van der Waals surface area contributed by atoms with E-state index in [0.29, 0.717) is 0 Å². The van der Waals surface area contributed by atoms with E-state index in [9.17, 15) is 0 Å². The number of anilines is 1. The van der Waals surface area contributed by atoms with E-state index in [1.54, 1.807) is 0 Å². The number of nitrogens with two attached hydrogens (primary N) is 1. The van der Waals surface area contributed by atoms with Crippen LogP contribution in [-0.2, 0) is 0 Å². The average molecular weight is 461 g/mol. The van der Waals surface area contributed by atoms with E-state index in [0.717, 1.165) is 33.2 Å². The molecule has 36 heavy (non-hydrogen) atoms. The number of fused-ring (bicyclic) bond motifs is 4. The molecule has 0 aliphatic heterocycles. The van der Waals surface area contributed by atoms with E-state index in [4.69, 9.17) is 5.73 Å². The molecule has 0 radical (unpaired) electrons. The molecule has 0 fully saturated rings. The van der Waals surface area contributed by atoms with Gasteiger partial charge in [-0.3, -0.25) is 0 Å². The van der Waals surface area contributed by atoms with Crippen LogP contribution in [0.5, 0.6) is 0 Å². The van der Waals surface area contributed by atoms with Crippen LogP contribution < -0.4 is 5.73 Å². The lowest BCUT2D eigenvalue weighted by atomic mass is 9.92. The summed E-state index contributed by atoms with van der Waals surface area (Å²) in [6.07, 6.45) is 0. The summed E-state index contributed by atoms with van der Waals surface area (Å²) in [5.41, 5.74) is 16.6. The number of rotatable bonds is 3. The molecule has 0 aliphatic carbocycles. The summed E-state index contributed by atoms with van der Waals surface area (Å²) in [6.45, 7) is 0. The first kappa shape index (κ1) is 20.5. The first-order chi connectivity index (χ1) is 17.7. The highest BCUT2D eigenvalue weighted by Crippen LogP contribution is 2.41. The third-order valence-corrected chi connectivity index (χ3v) is 7.10. The van der Waals surface area contributed by atoms with Gasteiger partial charge in [0.05, 0.1) is 5.52 Å².